The first-order valence-electron chi connectivity index (χ1n) is 8.78. The van der Waals surface area contributed by atoms with Gasteiger partial charge in [-0.1, -0.05) is 24.3 Å². The Balaban J connectivity index is 1.67. The SMILES string of the molecule is Cc1ccccc1/C=C1/Oc2c(ccc(O)c2CN2CCOCC2)C1=O. The number of fused-ring (bicyclic) bond motifs is 1. The smallest absolute Gasteiger partial charge is 0.231 e. The average molecular weight is 351 g/mol. The molecule has 0 amide bonds. The van der Waals surface area contributed by atoms with Gasteiger partial charge >= 0.3 is 0 Å². The van der Waals surface area contributed by atoms with Gasteiger partial charge in [0.25, 0.3) is 0 Å². The molecular weight excluding hydrogens is 330 g/mol. The van der Waals surface area contributed by atoms with E-state index in [1.54, 1.807) is 18.2 Å². The van der Waals surface area contributed by atoms with Crippen molar-refractivity contribution in [3.8, 4) is 11.5 Å². The van der Waals surface area contributed by atoms with Gasteiger partial charge in [0.1, 0.15) is 11.5 Å². The number of morpholine rings is 1. The Morgan fingerprint density at radius 3 is 2.69 bits per heavy atom. The molecule has 26 heavy (non-hydrogen) atoms. The van der Waals surface area contributed by atoms with Crippen molar-refractivity contribution in [1.29, 1.82) is 0 Å². The van der Waals surface area contributed by atoms with Crippen molar-refractivity contribution >= 4 is 11.9 Å². The highest BCUT2D eigenvalue weighted by Gasteiger charge is 2.32. The topological polar surface area (TPSA) is 59.0 Å². The Kier molecular flexibility index (Phi) is 4.49. The van der Waals surface area contributed by atoms with Crippen molar-refractivity contribution in [3.05, 3.63) is 64.4 Å². The van der Waals surface area contributed by atoms with E-state index in [4.69, 9.17) is 9.47 Å². The molecule has 0 atom stereocenters. The summed E-state index contributed by atoms with van der Waals surface area (Å²) in [7, 11) is 0. The van der Waals surface area contributed by atoms with Crippen LogP contribution in [0.3, 0.4) is 0 Å². The first kappa shape index (κ1) is 16.8. The van der Waals surface area contributed by atoms with Crippen molar-refractivity contribution in [2.75, 3.05) is 26.3 Å². The van der Waals surface area contributed by atoms with Crippen LogP contribution in [0.15, 0.2) is 42.2 Å². The van der Waals surface area contributed by atoms with E-state index in [9.17, 15) is 9.90 Å². The molecule has 0 aliphatic carbocycles. The molecule has 2 aliphatic rings. The zero-order chi connectivity index (χ0) is 18.1. The maximum atomic E-state index is 12.8. The predicted octanol–water partition coefficient (Wildman–Crippen LogP) is 3.15. The summed E-state index contributed by atoms with van der Waals surface area (Å²) in [6, 6.07) is 11.0. The first-order chi connectivity index (χ1) is 12.6. The van der Waals surface area contributed by atoms with Crippen LogP contribution in [0.5, 0.6) is 11.5 Å². The number of phenolic OH excluding ortho intramolecular Hbond substituents is 1. The summed E-state index contributed by atoms with van der Waals surface area (Å²) in [5, 5.41) is 10.3. The van der Waals surface area contributed by atoms with E-state index < -0.39 is 0 Å². The van der Waals surface area contributed by atoms with E-state index in [2.05, 4.69) is 4.90 Å². The van der Waals surface area contributed by atoms with Gasteiger partial charge in [-0.2, -0.15) is 0 Å². The predicted molar refractivity (Wildman–Crippen MR) is 98.3 cm³/mol. The number of nitrogens with zero attached hydrogens (tertiary/aromatic N) is 1. The first-order valence-corrected chi connectivity index (χ1v) is 8.78. The number of phenols is 1. The van der Waals surface area contributed by atoms with Gasteiger partial charge in [0, 0.05) is 19.6 Å². The summed E-state index contributed by atoms with van der Waals surface area (Å²) >= 11 is 0. The lowest BCUT2D eigenvalue weighted by Crippen LogP contribution is -2.35. The molecule has 0 spiro atoms. The summed E-state index contributed by atoms with van der Waals surface area (Å²) in [5.41, 5.74) is 3.18. The van der Waals surface area contributed by atoms with Crippen LogP contribution in [-0.4, -0.2) is 42.1 Å². The average Bonchev–Trinajstić information content (AvgIpc) is 2.96. The maximum absolute atomic E-state index is 12.8. The van der Waals surface area contributed by atoms with Gasteiger partial charge in [0.05, 0.1) is 24.3 Å². The summed E-state index contributed by atoms with van der Waals surface area (Å²) in [6.07, 6.45) is 1.77. The molecule has 0 radical (unpaired) electrons. The molecule has 5 nitrogen and oxygen atoms in total. The standard InChI is InChI=1S/C21H21NO4/c1-14-4-2-3-5-15(14)12-19-20(24)16-6-7-18(23)17(21(16)26-19)13-22-8-10-25-11-9-22/h2-7,12,23H,8-11,13H2,1H3/b19-12+. The third-order valence-electron chi connectivity index (χ3n) is 4.88. The van der Waals surface area contributed by atoms with Gasteiger partial charge in [-0.25, -0.2) is 0 Å². The molecule has 0 unspecified atom stereocenters. The zero-order valence-electron chi connectivity index (χ0n) is 14.7. The number of Topliss-reactive ketones (excluding diaryl/α,β-unsaturated/α-hetero) is 1. The van der Waals surface area contributed by atoms with Crippen LogP contribution in [0.1, 0.15) is 27.0 Å². The van der Waals surface area contributed by atoms with Crippen LogP contribution in [-0.2, 0) is 11.3 Å². The third kappa shape index (κ3) is 3.11. The number of hydrogen-bond acceptors (Lipinski definition) is 5. The molecule has 2 aromatic carbocycles. The zero-order valence-corrected chi connectivity index (χ0v) is 14.7. The molecule has 1 N–H and O–H groups in total. The van der Waals surface area contributed by atoms with E-state index in [0.717, 1.165) is 24.2 Å². The Morgan fingerprint density at radius 1 is 1.15 bits per heavy atom. The second kappa shape index (κ2) is 6.94. The van der Waals surface area contributed by atoms with Gasteiger partial charge in [-0.3, -0.25) is 9.69 Å². The van der Waals surface area contributed by atoms with Gasteiger partial charge in [0.15, 0.2) is 5.76 Å². The van der Waals surface area contributed by atoms with E-state index in [1.807, 2.05) is 31.2 Å². The fourth-order valence-corrected chi connectivity index (χ4v) is 3.32. The molecule has 0 bridgehead atoms. The number of aryl methyl sites for hydroxylation is 1. The Labute approximate surface area is 152 Å². The molecule has 0 saturated carbocycles. The molecule has 1 fully saturated rings. The lowest BCUT2D eigenvalue weighted by Gasteiger charge is -2.27. The van der Waals surface area contributed by atoms with Crippen LogP contribution in [0.25, 0.3) is 6.08 Å². The Morgan fingerprint density at radius 2 is 1.92 bits per heavy atom. The highest BCUT2D eigenvalue weighted by molar-refractivity contribution is 6.15. The van der Waals surface area contributed by atoms with Gasteiger partial charge in [-0.05, 0) is 36.3 Å². The number of allylic oxidation sites excluding steroid dienone is 1. The normalized spacial score (nSPS) is 18.8. The molecule has 1 saturated heterocycles. The van der Waals surface area contributed by atoms with Crippen LogP contribution >= 0.6 is 0 Å². The highest BCUT2D eigenvalue weighted by Crippen LogP contribution is 2.40. The second-order valence-electron chi connectivity index (χ2n) is 6.62. The molecule has 0 aromatic heterocycles. The monoisotopic (exact) mass is 351 g/mol. The van der Waals surface area contributed by atoms with Crippen LogP contribution in [0.2, 0.25) is 0 Å². The van der Waals surface area contributed by atoms with Crippen LogP contribution < -0.4 is 4.74 Å². The number of aromatic hydroxyl groups is 1. The minimum Gasteiger partial charge on any atom is -0.507 e. The van der Waals surface area contributed by atoms with Crippen molar-refractivity contribution in [1.82, 2.24) is 4.90 Å². The highest BCUT2D eigenvalue weighted by atomic mass is 16.5. The lowest BCUT2D eigenvalue weighted by atomic mass is 10.0. The number of rotatable bonds is 3. The fraction of sp³-hybridized carbons (Fsp3) is 0.286. The van der Waals surface area contributed by atoms with Crippen molar-refractivity contribution in [2.45, 2.75) is 13.5 Å². The maximum Gasteiger partial charge on any atom is 0.231 e. The minimum absolute atomic E-state index is 0.147. The number of ether oxygens (including phenoxy) is 2. The number of carbonyl (C=O) groups is 1. The lowest BCUT2D eigenvalue weighted by molar-refractivity contribution is 0.0336. The summed E-state index contributed by atoms with van der Waals surface area (Å²) in [5.74, 6) is 0.774. The molecule has 4 rings (SSSR count). The van der Waals surface area contributed by atoms with Crippen molar-refractivity contribution < 1.29 is 19.4 Å². The molecule has 134 valence electrons. The van der Waals surface area contributed by atoms with Gasteiger partial charge in [-0.15, -0.1) is 0 Å². The number of hydrogen-bond donors (Lipinski definition) is 1. The van der Waals surface area contributed by atoms with Crippen LogP contribution in [0.4, 0.5) is 0 Å². The number of ketones is 1. The summed E-state index contributed by atoms with van der Waals surface area (Å²) in [4.78, 5) is 14.9. The Hall–Kier alpha value is -2.63. The second-order valence-corrected chi connectivity index (χ2v) is 6.62. The Bertz CT molecular complexity index is 882. The van der Waals surface area contributed by atoms with E-state index in [0.29, 0.717) is 42.4 Å². The largest absolute Gasteiger partial charge is 0.507 e. The fourth-order valence-electron chi connectivity index (χ4n) is 3.32. The molecule has 2 aromatic rings. The number of carbonyl (C=O) groups excluding carboxylic acids is 1. The van der Waals surface area contributed by atoms with Gasteiger partial charge in [0.2, 0.25) is 5.78 Å². The molecular formula is C21H21NO4. The third-order valence-corrected chi connectivity index (χ3v) is 4.88. The van der Waals surface area contributed by atoms with E-state index in [-0.39, 0.29) is 11.5 Å². The number of benzene rings is 2. The quantitative estimate of drug-likeness (QED) is 0.861. The van der Waals surface area contributed by atoms with Crippen molar-refractivity contribution in [3.63, 3.8) is 0 Å². The molecule has 5 heteroatoms. The van der Waals surface area contributed by atoms with E-state index >= 15 is 0 Å². The van der Waals surface area contributed by atoms with E-state index in [1.165, 1.54) is 0 Å². The molecule has 2 aliphatic heterocycles. The van der Waals surface area contributed by atoms with Crippen LogP contribution in [0, 0.1) is 6.92 Å². The minimum atomic E-state index is -0.147. The van der Waals surface area contributed by atoms with Gasteiger partial charge < -0.3 is 14.6 Å². The van der Waals surface area contributed by atoms with Crippen molar-refractivity contribution in [2.24, 2.45) is 0 Å². The summed E-state index contributed by atoms with van der Waals surface area (Å²) in [6.45, 7) is 5.46. The molecule has 2 heterocycles. The summed E-state index contributed by atoms with van der Waals surface area (Å²) < 4.78 is 11.3.